The molecule has 1 aromatic heterocycles. The number of ketones is 1. The van der Waals surface area contributed by atoms with E-state index in [9.17, 15) is 4.79 Å². The van der Waals surface area contributed by atoms with Crippen molar-refractivity contribution in [2.24, 2.45) is 5.92 Å². The standard InChI is InChI=1S/C13H19NO2S/c1-10-3-4-13(17-10)12(15)8-14-6-5-11(7-14)9-16-2/h3-4,11H,5-9H2,1-2H3. The first kappa shape index (κ1) is 12.7. The number of carbonyl (C=O) groups is 1. The molecule has 0 bridgehead atoms. The highest BCUT2D eigenvalue weighted by Crippen LogP contribution is 2.19. The Morgan fingerprint density at radius 1 is 1.59 bits per heavy atom. The summed E-state index contributed by atoms with van der Waals surface area (Å²) in [5.74, 6) is 0.846. The third-order valence-corrected chi connectivity index (χ3v) is 4.20. The maximum Gasteiger partial charge on any atom is 0.186 e. The summed E-state index contributed by atoms with van der Waals surface area (Å²) >= 11 is 1.59. The minimum atomic E-state index is 0.251. The molecule has 0 N–H and O–H groups in total. The monoisotopic (exact) mass is 253 g/mol. The van der Waals surface area contributed by atoms with Gasteiger partial charge in [-0.1, -0.05) is 0 Å². The van der Waals surface area contributed by atoms with Crippen LogP contribution >= 0.6 is 11.3 Å². The molecule has 0 aromatic carbocycles. The van der Waals surface area contributed by atoms with Gasteiger partial charge in [0.05, 0.1) is 18.0 Å². The van der Waals surface area contributed by atoms with Gasteiger partial charge in [0.2, 0.25) is 0 Å². The summed E-state index contributed by atoms with van der Waals surface area (Å²) in [5.41, 5.74) is 0. The van der Waals surface area contributed by atoms with E-state index in [0.29, 0.717) is 12.5 Å². The average molecular weight is 253 g/mol. The van der Waals surface area contributed by atoms with Gasteiger partial charge in [-0.3, -0.25) is 9.69 Å². The third-order valence-electron chi connectivity index (χ3n) is 3.15. The molecule has 2 heterocycles. The maximum atomic E-state index is 12.0. The molecule has 94 valence electrons. The second-order valence-electron chi connectivity index (χ2n) is 4.68. The number of ether oxygens (including phenoxy) is 1. The molecule has 1 saturated heterocycles. The average Bonchev–Trinajstić information content (AvgIpc) is 2.88. The van der Waals surface area contributed by atoms with Crippen LogP contribution in [0.5, 0.6) is 0 Å². The van der Waals surface area contributed by atoms with Crippen LogP contribution in [0.15, 0.2) is 12.1 Å². The first-order valence-electron chi connectivity index (χ1n) is 6.00. The fraction of sp³-hybridized carbons (Fsp3) is 0.615. The Kier molecular flexibility index (Phi) is 4.31. The van der Waals surface area contributed by atoms with Gasteiger partial charge in [-0.25, -0.2) is 0 Å². The molecule has 1 unspecified atom stereocenters. The van der Waals surface area contributed by atoms with E-state index in [-0.39, 0.29) is 5.78 Å². The van der Waals surface area contributed by atoms with Crippen molar-refractivity contribution >= 4 is 17.1 Å². The van der Waals surface area contributed by atoms with Gasteiger partial charge in [-0.05, 0) is 37.9 Å². The van der Waals surface area contributed by atoms with E-state index in [1.54, 1.807) is 18.4 Å². The van der Waals surface area contributed by atoms with E-state index in [1.165, 1.54) is 4.88 Å². The van der Waals surface area contributed by atoms with Crippen molar-refractivity contribution in [2.75, 3.05) is 33.4 Å². The van der Waals surface area contributed by atoms with E-state index in [0.717, 1.165) is 31.0 Å². The van der Waals surface area contributed by atoms with Crippen LogP contribution in [0.4, 0.5) is 0 Å². The number of hydrogen-bond acceptors (Lipinski definition) is 4. The number of likely N-dealkylation sites (tertiary alicyclic amines) is 1. The molecular weight excluding hydrogens is 234 g/mol. The lowest BCUT2D eigenvalue weighted by atomic mass is 10.1. The lowest BCUT2D eigenvalue weighted by molar-refractivity contribution is 0.0941. The first-order chi connectivity index (χ1) is 8.19. The van der Waals surface area contributed by atoms with Crippen LogP contribution in [0, 0.1) is 12.8 Å². The van der Waals surface area contributed by atoms with Gasteiger partial charge in [0.25, 0.3) is 0 Å². The minimum Gasteiger partial charge on any atom is -0.384 e. The number of aryl methyl sites for hydroxylation is 1. The SMILES string of the molecule is COCC1CCN(CC(=O)c2ccc(C)s2)C1. The van der Waals surface area contributed by atoms with E-state index in [4.69, 9.17) is 4.74 Å². The van der Waals surface area contributed by atoms with Gasteiger partial charge >= 0.3 is 0 Å². The number of Topliss-reactive ketones (excluding diaryl/α,β-unsaturated/α-hetero) is 1. The summed E-state index contributed by atoms with van der Waals surface area (Å²) < 4.78 is 5.16. The van der Waals surface area contributed by atoms with Crippen LogP contribution in [0.3, 0.4) is 0 Å². The number of methoxy groups -OCH3 is 1. The van der Waals surface area contributed by atoms with Crippen molar-refractivity contribution < 1.29 is 9.53 Å². The molecule has 3 nitrogen and oxygen atoms in total. The Morgan fingerprint density at radius 3 is 3.06 bits per heavy atom. The first-order valence-corrected chi connectivity index (χ1v) is 6.81. The Balaban J connectivity index is 1.84. The predicted octanol–water partition coefficient (Wildman–Crippen LogP) is 2.21. The molecular formula is C13H19NO2S. The minimum absolute atomic E-state index is 0.251. The largest absolute Gasteiger partial charge is 0.384 e. The highest BCUT2D eigenvalue weighted by Gasteiger charge is 2.24. The van der Waals surface area contributed by atoms with Crippen molar-refractivity contribution in [2.45, 2.75) is 13.3 Å². The molecule has 0 radical (unpaired) electrons. The molecule has 0 aliphatic carbocycles. The van der Waals surface area contributed by atoms with Crippen molar-refractivity contribution in [3.63, 3.8) is 0 Å². The van der Waals surface area contributed by atoms with Crippen LogP contribution in [-0.2, 0) is 4.74 Å². The topological polar surface area (TPSA) is 29.5 Å². The number of hydrogen-bond donors (Lipinski definition) is 0. The summed E-state index contributed by atoms with van der Waals surface area (Å²) in [4.78, 5) is 16.3. The Morgan fingerprint density at radius 2 is 2.41 bits per heavy atom. The van der Waals surface area contributed by atoms with E-state index >= 15 is 0 Å². The number of rotatable bonds is 5. The van der Waals surface area contributed by atoms with Crippen molar-refractivity contribution in [3.05, 3.63) is 21.9 Å². The maximum absolute atomic E-state index is 12.0. The molecule has 1 aromatic rings. The molecule has 2 rings (SSSR count). The summed E-state index contributed by atoms with van der Waals surface area (Å²) in [7, 11) is 1.74. The lowest BCUT2D eigenvalue weighted by Gasteiger charge is -2.14. The molecule has 0 amide bonds. The van der Waals surface area contributed by atoms with Crippen LogP contribution in [0.2, 0.25) is 0 Å². The zero-order valence-corrected chi connectivity index (χ0v) is 11.3. The Hall–Kier alpha value is -0.710. The molecule has 1 aliphatic heterocycles. The molecule has 1 aliphatic rings. The second-order valence-corrected chi connectivity index (χ2v) is 5.97. The highest BCUT2D eigenvalue weighted by molar-refractivity contribution is 7.14. The van der Waals surface area contributed by atoms with Gasteiger partial charge in [0.15, 0.2) is 5.78 Å². The molecule has 4 heteroatoms. The second kappa shape index (κ2) is 5.76. The summed E-state index contributed by atoms with van der Waals surface area (Å²) in [5, 5.41) is 0. The molecule has 1 atom stereocenters. The van der Waals surface area contributed by atoms with E-state index in [1.807, 2.05) is 19.1 Å². The van der Waals surface area contributed by atoms with Crippen molar-refractivity contribution in [1.82, 2.24) is 4.90 Å². The van der Waals surface area contributed by atoms with Gasteiger partial charge < -0.3 is 4.74 Å². The molecule has 1 fully saturated rings. The fourth-order valence-electron chi connectivity index (χ4n) is 2.29. The predicted molar refractivity (Wildman–Crippen MR) is 69.8 cm³/mol. The van der Waals surface area contributed by atoms with Crippen LogP contribution in [0.25, 0.3) is 0 Å². The van der Waals surface area contributed by atoms with Crippen molar-refractivity contribution in [1.29, 1.82) is 0 Å². The van der Waals surface area contributed by atoms with Crippen LogP contribution < -0.4 is 0 Å². The fourth-order valence-corrected chi connectivity index (χ4v) is 3.09. The van der Waals surface area contributed by atoms with Gasteiger partial charge in [0, 0.05) is 18.5 Å². The molecule has 17 heavy (non-hydrogen) atoms. The quantitative estimate of drug-likeness (QED) is 0.754. The Labute approximate surface area is 106 Å². The highest BCUT2D eigenvalue weighted by atomic mass is 32.1. The molecule has 0 saturated carbocycles. The van der Waals surface area contributed by atoms with E-state index < -0.39 is 0 Å². The van der Waals surface area contributed by atoms with Crippen molar-refractivity contribution in [3.8, 4) is 0 Å². The zero-order valence-electron chi connectivity index (χ0n) is 10.4. The summed E-state index contributed by atoms with van der Waals surface area (Å²) in [6.45, 7) is 5.41. The normalized spacial score (nSPS) is 20.9. The Bertz CT molecular complexity index is 389. The third kappa shape index (κ3) is 3.37. The van der Waals surface area contributed by atoms with E-state index in [2.05, 4.69) is 4.90 Å². The summed E-state index contributed by atoms with van der Waals surface area (Å²) in [6, 6.07) is 3.95. The number of carbonyl (C=O) groups excluding carboxylic acids is 1. The summed E-state index contributed by atoms with van der Waals surface area (Å²) in [6.07, 6.45) is 1.14. The van der Waals surface area contributed by atoms with Gasteiger partial charge in [-0.2, -0.15) is 0 Å². The smallest absolute Gasteiger partial charge is 0.186 e. The number of nitrogens with zero attached hydrogens (tertiary/aromatic N) is 1. The van der Waals surface area contributed by atoms with Gasteiger partial charge in [0.1, 0.15) is 0 Å². The van der Waals surface area contributed by atoms with Crippen LogP contribution in [-0.4, -0.2) is 44.0 Å². The lowest BCUT2D eigenvalue weighted by Crippen LogP contribution is -2.28. The number of thiophene rings is 1. The molecule has 0 spiro atoms. The zero-order chi connectivity index (χ0) is 12.3. The van der Waals surface area contributed by atoms with Gasteiger partial charge in [-0.15, -0.1) is 11.3 Å². The van der Waals surface area contributed by atoms with Crippen LogP contribution in [0.1, 0.15) is 21.0 Å².